The largest absolute Gasteiger partial charge is 0.461 e. The van der Waals surface area contributed by atoms with Crippen molar-refractivity contribution in [3.8, 4) is 0 Å². The molecular formula is C12H19BrO2. The van der Waals surface area contributed by atoms with Gasteiger partial charge in [0, 0.05) is 0 Å². The number of carbonyl (C=O) groups is 1. The van der Waals surface area contributed by atoms with E-state index in [0.717, 1.165) is 18.4 Å². The van der Waals surface area contributed by atoms with Gasteiger partial charge >= 0.3 is 5.97 Å². The summed E-state index contributed by atoms with van der Waals surface area (Å²) in [5.41, 5.74) is 1.10. The average molecular weight is 275 g/mol. The summed E-state index contributed by atoms with van der Waals surface area (Å²) in [6.07, 6.45) is 6.16. The number of allylic oxidation sites excluding steroid dienone is 2. The zero-order valence-electron chi connectivity index (χ0n) is 9.46. The predicted octanol–water partition coefficient (Wildman–Crippen LogP) is 3.47. The molecule has 0 aromatic rings. The minimum atomic E-state index is -0.220. The number of carbonyl (C=O) groups excluding carboxylic acids is 1. The van der Waals surface area contributed by atoms with E-state index in [0.29, 0.717) is 12.5 Å². The number of ether oxygens (including phenoxy) is 1. The molecule has 1 atom stereocenters. The Balaban J connectivity index is 3.69. The van der Waals surface area contributed by atoms with Crippen molar-refractivity contribution < 1.29 is 9.53 Å². The summed E-state index contributed by atoms with van der Waals surface area (Å²) in [7, 11) is 0. The molecule has 0 heterocycles. The van der Waals surface area contributed by atoms with E-state index in [1.54, 1.807) is 0 Å². The molecule has 0 amide bonds. The monoisotopic (exact) mass is 274 g/mol. The van der Waals surface area contributed by atoms with Crippen LogP contribution in [-0.4, -0.2) is 17.9 Å². The Bertz CT molecular complexity index is 234. The Hall–Kier alpha value is -0.570. The van der Waals surface area contributed by atoms with Crippen LogP contribution in [0.25, 0.3) is 0 Å². The van der Waals surface area contributed by atoms with Crippen LogP contribution in [-0.2, 0) is 9.53 Å². The van der Waals surface area contributed by atoms with Crippen molar-refractivity contribution in [1.29, 1.82) is 0 Å². The fourth-order valence-corrected chi connectivity index (χ4v) is 1.16. The van der Waals surface area contributed by atoms with Gasteiger partial charge in [0.05, 0.1) is 0 Å². The van der Waals surface area contributed by atoms with Gasteiger partial charge in [-0.15, -0.1) is 6.58 Å². The van der Waals surface area contributed by atoms with Crippen LogP contribution in [0, 0.1) is 5.92 Å². The lowest BCUT2D eigenvalue weighted by molar-refractivity contribution is -0.139. The summed E-state index contributed by atoms with van der Waals surface area (Å²) in [5, 5.41) is 0.258. The van der Waals surface area contributed by atoms with Gasteiger partial charge in [0.25, 0.3) is 0 Å². The maximum Gasteiger partial charge on any atom is 0.316 e. The summed E-state index contributed by atoms with van der Waals surface area (Å²) in [6, 6.07) is 0. The van der Waals surface area contributed by atoms with Crippen LogP contribution < -0.4 is 0 Å². The van der Waals surface area contributed by atoms with Crippen molar-refractivity contribution in [1.82, 2.24) is 0 Å². The Labute approximate surface area is 101 Å². The van der Waals surface area contributed by atoms with Crippen LogP contribution in [0.1, 0.15) is 26.7 Å². The van der Waals surface area contributed by atoms with E-state index in [2.05, 4.69) is 35.5 Å². The lowest BCUT2D eigenvalue weighted by Crippen LogP contribution is -2.07. The minimum absolute atomic E-state index is 0.220. The quantitative estimate of drug-likeness (QED) is 0.404. The third-order valence-corrected chi connectivity index (χ3v) is 2.54. The smallest absolute Gasteiger partial charge is 0.316 e. The van der Waals surface area contributed by atoms with Crippen molar-refractivity contribution in [2.75, 3.05) is 11.9 Å². The van der Waals surface area contributed by atoms with Gasteiger partial charge in [-0.3, -0.25) is 4.79 Å². The molecule has 2 nitrogen and oxygen atoms in total. The molecule has 0 aliphatic heterocycles. The number of halogens is 1. The molecule has 0 aliphatic carbocycles. The second-order valence-corrected chi connectivity index (χ2v) is 4.20. The highest BCUT2D eigenvalue weighted by Gasteiger charge is 1.99. The van der Waals surface area contributed by atoms with Crippen molar-refractivity contribution in [3.63, 3.8) is 0 Å². The summed E-state index contributed by atoms with van der Waals surface area (Å²) in [6.45, 7) is 8.24. The van der Waals surface area contributed by atoms with Crippen molar-refractivity contribution in [3.05, 3.63) is 24.3 Å². The molecule has 0 N–H and O–H groups in total. The standard InChI is InChI=1S/C12H19BrO2/c1-4-10(2)6-5-7-11(3)9-15-12(14)8-13/h4,7,10H,1,5-6,8-9H2,2-3H3. The molecule has 0 rings (SSSR count). The number of alkyl halides is 1. The second-order valence-electron chi connectivity index (χ2n) is 3.64. The first-order chi connectivity index (χ1) is 7.10. The first kappa shape index (κ1) is 14.4. The number of rotatable bonds is 7. The van der Waals surface area contributed by atoms with Crippen molar-refractivity contribution >= 4 is 21.9 Å². The maximum atomic E-state index is 10.8. The fourth-order valence-electron chi connectivity index (χ4n) is 1.00. The predicted molar refractivity (Wildman–Crippen MR) is 67.1 cm³/mol. The van der Waals surface area contributed by atoms with Gasteiger partial charge in [-0.05, 0) is 31.3 Å². The summed E-state index contributed by atoms with van der Waals surface area (Å²) in [5.74, 6) is 0.321. The average Bonchev–Trinajstić information content (AvgIpc) is 2.25. The van der Waals surface area contributed by atoms with Crippen LogP contribution in [0.4, 0.5) is 0 Å². The zero-order valence-corrected chi connectivity index (χ0v) is 11.0. The molecule has 0 aliphatic rings. The molecule has 0 saturated carbocycles. The van der Waals surface area contributed by atoms with E-state index >= 15 is 0 Å². The van der Waals surface area contributed by atoms with Gasteiger partial charge in [-0.2, -0.15) is 0 Å². The second kappa shape index (κ2) is 8.72. The number of hydrogen-bond donors (Lipinski definition) is 0. The Kier molecular flexibility index (Phi) is 8.38. The van der Waals surface area contributed by atoms with Gasteiger partial charge in [-0.1, -0.05) is 35.0 Å². The van der Waals surface area contributed by atoms with Gasteiger partial charge in [0.1, 0.15) is 11.9 Å². The molecule has 0 saturated heterocycles. The molecule has 0 aromatic carbocycles. The van der Waals surface area contributed by atoms with Gasteiger partial charge in [0.2, 0.25) is 0 Å². The fraction of sp³-hybridized carbons (Fsp3) is 0.583. The van der Waals surface area contributed by atoms with Crippen LogP contribution in [0.2, 0.25) is 0 Å². The minimum Gasteiger partial charge on any atom is -0.461 e. The highest BCUT2D eigenvalue weighted by molar-refractivity contribution is 9.09. The zero-order chi connectivity index (χ0) is 11.7. The first-order valence-corrected chi connectivity index (χ1v) is 6.22. The van der Waals surface area contributed by atoms with Crippen molar-refractivity contribution in [2.45, 2.75) is 26.7 Å². The molecule has 3 heteroatoms. The molecule has 0 spiro atoms. The van der Waals surface area contributed by atoms with Gasteiger partial charge < -0.3 is 4.74 Å². The topological polar surface area (TPSA) is 26.3 Å². The van der Waals surface area contributed by atoms with E-state index < -0.39 is 0 Å². The van der Waals surface area contributed by atoms with E-state index in [1.807, 2.05) is 13.0 Å². The lowest BCUT2D eigenvalue weighted by Gasteiger charge is -2.05. The number of hydrogen-bond acceptors (Lipinski definition) is 2. The van der Waals surface area contributed by atoms with Crippen molar-refractivity contribution in [2.24, 2.45) is 5.92 Å². The van der Waals surface area contributed by atoms with E-state index in [9.17, 15) is 4.79 Å². The number of esters is 1. The van der Waals surface area contributed by atoms with E-state index in [4.69, 9.17) is 4.74 Å². The normalized spacial score (nSPS) is 13.4. The van der Waals surface area contributed by atoms with Crippen LogP contribution in [0.15, 0.2) is 24.3 Å². The van der Waals surface area contributed by atoms with Gasteiger partial charge in [-0.25, -0.2) is 0 Å². The summed E-state index contributed by atoms with van der Waals surface area (Å²) >= 11 is 3.04. The third-order valence-electron chi connectivity index (χ3n) is 2.09. The molecule has 15 heavy (non-hydrogen) atoms. The Morgan fingerprint density at radius 1 is 1.60 bits per heavy atom. The molecule has 1 unspecified atom stereocenters. The molecular weight excluding hydrogens is 256 g/mol. The molecule has 0 bridgehead atoms. The highest BCUT2D eigenvalue weighted by Crippen LogP contribution is 2.08. The van der Waals surface area contributed by atoms with Gasteiger partial charge in [0.15, 0.2) is 0 Å². The molecule has 0 aromatic heterocycles. The third kappa shape index (κ3) is 8.43. The van der Waals surface area contributed by atoms with E-state index in [-0.39, 0.29) is 11.3 Å². The first-order valence-electron chi connectivity index (χ1n) is 5.10. The molecule has 0 radical (unpaired) electrons. The van der Waals surface area contributed by atoms with Crippen LogP contribution >= 0.6 is 15.9 Å². The van der Waals surface area contributed by atoms with Crippen LogP contribution in [0.3, 0.4) is 0 Å². The SMILES string of the molecule is C=CC(C)CCC=C(C)COC(=O)CBr. The Morgan fingerprint density at radius 3 is 2.80 bits per heavy atom. The van der Waals surface area contributed by atoms with E-state index in [1.165, 1.54) is 0 Å². The maximum absolute atomic E-state index is 10.8. The Morgan fingerprint density at radius 2 is 2.27 bits per heavy atom. The highest BCUT2D eigenvalue weighted by atomic mass is 79.9. The summed E-state index contributed by atoms with van der Waals surface area (Å²) < 4.78 is 4.96. The summed E-state index contributed by atoms with van der Waals surface area (Å²) in [4.78, 5) is 10.8. The molecule has 86 valence electrons. The van der Waals surface area contributed by atoms with Crippen LogP contribution in [0.5, 0.6) is 0 Å². The lowest BCUT2D eigenvalue weighted by atomic mass is 10.1. The molecule has 0 fully saturated rings.